The highest BCUT2D eigenvalue weighted by Crippen LogP contribution is 2.27. The number of nitrogens with zero attached hydrogens (tertiary/aromatic N) is 1. The molecule has 1 aromatic rings. The third kappa shape index (κ3) is 6.06. The zero-order valence-corrected chi connectivity index (χ0v) is 12.6. The van der Waals surface area contributed by atoms with Crippen molar-refractivity contribution >= 4 is 34.9 Å². The molecule has 0 bridgehead atoms. The Morgan fingerprint density at radius 2 is 2.05 bits per heavy atom. The molecule has 120 valence electrons. The molecule has 0 aromatic heterocycles. The van der Waals surface area contributed by atoms with Crippen LogP contribution in [0.15, 0.2) is 18.2 Å². The van der Waals surface area contributed by atoms with E-state index in [1.54, 1.807) is 0 Å². The topological polar surface area (TPSA) is 108 Å². The van der Waals surface area contributed by atoms with E-state index in [9.17, 15) is 19.7 Å². The number of benzene rings is 1. The largest absolute Gasteiger partial charge is 0.463 e. The molecule has 0 saturated carbocycles. The van der Waals surface area contributed by atoms with Crippen LogP contribution in [-0.4, -0.2) is 37.1 Å². The lowest BCUT2D eigenvalue weighted by Crippen LogP contribution is -2.15. The number of nitro groups is 1. The van der Waals surface area contributed by atoms with E-state index in [2.05, 4.69) is 5.32 Å². The third-order valence-corrected chi connectivity index (χ3v) is 2.85. The molecule has 22 heavy (non-hydrogen) atoms. The van der Waals surface area contributed by atoms with Crippen molar-refractivity contribution < 1.29 is 24.0 Å². The summed E-state index contributed by atoms with van der Waals surface area (Å²) in [5.41, 5.74) is -0.0766. The molecule has 0 heterocycles. The van der Waals surface area contributed by atoms with Gasteiger partial charge in [-0.2, -0.15) is 0 Å². The highest BCUT2D eigenvalue weighted by Gasteiger charge is 2.14. The second-order valence-corrected chi connectivity index (χ2v) is 4.59. The van der Waals surface area contributed by atoms with Crippen LogP contribution < -0.4 is 5.32 Å². The molecule has 0 saturated heterocycles. The van der Waals surface area contributed by atoms with Crippen LogP contribution in [-0.2, 0) is 19.1 Å². The molecule has 0 radical (unpaired) electrons. The minimum atomic E-state index is -0.648. The summed E-state index contributed by atoms with van der Waals surface area (Å²) in [6, 6.07) is 3.90. The van der Waals surface area contributed by atoms with Gasteiger partial charge in [-0.05, 0) is 12.1 Å². The molecule has 1 amide bonds. The summed E-state index contributed by atoms with van der Waals surface area (Å²) in [6.07, 6.45) is -0.187. The number of halogens is 1. The Kier molecular flexibility index (Phi) is 7.27. The van der Waals surface area contributed by atoms with E-state index in [-0.39, 0.29) is 42.5 Å². The van der Waals surface area contributed by atoms with Crippen molar-refractivity contribution in [3.05, 3.63) is 33.3 Å². The summed E-state index contributed by atoms with van der Waals surface area (Å²) in [4.78, 5) is 33.1. The Labute approximate surface area is 131 Å². The van der Waals surface area contributed by atoms with E-state index < -0.39 is 16.8 Å². The van der Waals surface area contributed by atoms with Gasteiger partial charge in [0.1, 0.15) is 11.6 Å². The monoisotopic (exact) mass is 330 g/mol. The first-order valence-electron chi connectivity index (χ1n) is 6.32. The molecule has 8 nitrogen and oxygen atoms in total. The van der Waals surface area contributed by atoms with Gasteiger partial charge in [0.25, 0.3) is 5.69 Å². The SMILES string of the molecule is COCCOC(=O)CCC(=O)Nc1ccc(Cl)c([N+](=O)[O-])c1. The maximum absolute atomic E-state index is 11.7. The summed E-state index contributed by atoms with van der Waals surface area (Å²) in [7, 11) is 1.48. The second kappa shape index (κ2) is 8.96. The number of nitrogens with one attached hydrogen (secondary N) is 1. The smallest absolute Gasteiger partial charge is 0.306 e. The fourth-order valence-corrected chi connectivity index (χ4v) is 1.67. The maximum atomic E-state index is 11.7. The molecule has 0 atom stereocenters. The molecule has 1 rings (SSSR count). The number of carbonyl (C=O) groups is 2. The van der Waals surface area contributed by atoms with Crippen LogP contribution in [0.3, 0.4) is 0 Å². The minimum absolute atomic E-state index is 0.0234. The molecule has 0 aliphatic heterocycles. The van der Waals surface area contributed by atoms with Crippen molar-refractivity contribution in [1.29, 1.82) is 0 Å². The molecule has 0 aliphatic rings. The van der Waals surface area contributed by atoms with E-state index >= 15 is 0 Å². The number of hydrogen-bond donors (Lipinski definition) is 1. The number of ether oxygens (including phenoxy) is 2. The number of esters is 1. The van der Waals surface area contributed by atoms with E-state index in [4.69, 9.17) is 21.1 Å². The van der Waals surface area contributed by atoms with Crippen molar-refractivity contribution in [1.82, 2.24) is 0 Å². The molecule has 0 unspecified atom stereocenters. The molecule has 1 N–H and O–H groups in total. The van der Waals surface area contributed by atoms with Crippen molar-refractivity contribution in [2.75, 3.05) is 25.6 Å². The van der Waals surface area contributed by atoms with Crippen LogP contribution >= 0.6 is 11.6 Å². The van der Waals surface area contributed by atoms with Gasteiger partial charge in [-0.3, -0.25) is 19.7 Å². The number of methoxy groups -OCH3 is 1. The summed E-state index contributed by atoms with van der Waals surface area (Å²) in [5.74, 6) is -0.977. The average molecular weight is 331 g/mol. The number of anilines is 1. The van der Waals surface area contributed by atoms with Crippen molar-refractivity contribution in [2.24, 2.45) is 0 Å². The number of carbonyl (C=O) groups excluding carboxylic acids is 2. The molecular weight excluding hydrogens is 316 g/mol. The number of amides is 1. The van der Waals surface area contributed by atoms with Crippen LogP contribution in [0.4, 0.5) is 11.4 Å². The third-order valence-electron chi connectivity index (χ3n) is 2.53. The molecule has 1 aromatic carbocycles. The predicted octanol–water partition coefficient (Wildman–Crippen LogP) is 2.16. The van der Waals surface area contributed by atoms with E-state index in [0.717, 1.165) is 6.07 Å². The van der Waals surface area contributed by atoms with Crippen LogP contribution in [0.25, 0.3) is 0 Å². The Hall–Kier alpha value is -2.19. The molecule has 0 aliphatic carbocycles. The molecule has 0 fully saturated rings. The summed E-state index contributed by atoms with van der Waals surface area (Å²) >= 11 is 5.67. The Bertz CT molecular complexity index is 563. The highest BCUT2D eigenvalue weighted by molar-refractivity contribution is 6.32. The van der Waals surface area contributed by atoms with E-state index in [1.165, 1.54) is 19.2 Å². The zero-order chi connectivity index (χ0) is 16.5. The fourth-order valence-electron chi connectivity index (χ4n) is 1.48. The quantitative estimate of drug-likeness (QED) is 0.338. The summed E-state index contributed by atoms with van der Waals surface area (Å²) in [6.45, 7) is 0.409. The molecule has 0 spiro atoms. The van der Waals surface area contributed by atoms with Crippen molar-refractivity contribution in [2.45, 2.75) is 12.8 Å². The Morgan fingerprint density at radius 3 is 2.68 bits per heavy atom. The van der Waals surface area contributed by atoms with Gasteiger partial charge in [-0.15, -0.1) is 0 Å². The van der Waals surface area contributed by atoms with Gasteiger partial charge in [0.2, 0.25) is 5.91 Å². The Balaban J connectivity index is 2.47. The van der Waals surface area contributed by atoms with Gasteiger partial charge >= 0.3 is 5.97 Å². The van der Waals surface area contributed by atoms with Crippen LogP contribution in [0.1, 0.15) is 12.8 Å². The van der Waals surface area contributed by atoms with E-state index in [0.29, 0.717) is 0 Å². The fraction of sp³-hybridized carbons (Fsp3) is 0.385. The van der Waals surface area contributed by atoms with Crippen molar-refractivity contribution in [3.8, 4) is 0 Å². The van der Waals surface area contributed by atoms with E-state index in [1.807, 2.05) is 0 Å². The molecule has 9 heteroatoms. The number of rotatable bonds is 8. The van der Waals surface area contributed by atoms with Crippen LogP contribution in [0, 0.1) is 10.1 Å². The maximum Gasteiger partial charge on any atom is 0.306 e. The van der Waals surface area contributed by atoms with Gasteiger partial charge in [-0.1, -0.05) is 11.6 Å². The summed E-state index contributed by atoms with van der Waals surface area (Å²) < 4.78 is 9.51. The Morgan fingerprint density at radius 1 is 1.32 bits per heavy atom. The van der Waals surface area contributed by atoms with Gasteiger partial charge in [0, 0.05) is 25.3 Å². The standard InChI is InChI=1S/C13H15ClN2O6/c1-21-6-7-22-13(18)5-4-12(17)15-9-2-3-10(14)11(8-9)16(19)20/h2-3,8H,4-7H2,1H3,(H,15,17). The van der Waals surface area contributed by atoms with Gasteiger partial charge < -0.3 is 14.8 Å². The summed E-state index contributed by atoms with van der Waals surface area (Å²) in [5, 5.41) is 13.2. The minimum Gasteiger partial charge on any atom is -0.463 e. The molecular formula is C13H15ClN2O6. The number of nitro benzene ring substituents is 1. The van der Waals surface area contributed by atoms with Gasteiger partial charge in [-0.25, -0.2) is 0 Å². The zero-order valence-electron chi connectivity index (χ0n) is 11.8. The first-order chi connectivity index (χ1) is 10.4. The normalized spacial score (nSPS) is 10.1. The lowest BCUT2D eigenvalue weighted by molar-refractivity contribution is -0.384. The van der Waals surface area contributed by atoms with Crippen LogP contribution in [0.5, 0.6) is 0 Å². The van der Waals surface area contributed by atoms with Gasteiger partial charge in [0.15, 0.2) is 0 Å². The number of hydrogen-bond acceptors (Lipinski definition) is 6. The average Bonchev–Trinajstić information content (AvgIpc) is 2.47. The van der Waals surface area contributed by atoms with Gasteiger partial charge in [0.05, 0.1) is 18.0 Å². The second-order valence-electron chi connectivity index (χ2n) is 4.18. The van der Waals surface area contributed by atoms with Crippen LogP contribution in [0.2, 0.25) is 5.02 Å². The lowest BCUT2D eigenvalue weighted by Gasteiger charge is -2.06. The highest BCUT2D eigenvalue weighted by atomic mass is 35.5. The first kappa shape index (κ1) is 17.9. The van der Waals surface area contributed by atoms with Crippen molar-refractivity contribution in [3.63, 3.8) is 0 Å². The lowest BCUT2D eigenvalue weighted by atomic mass is 10.2. The first-order valence-corrected chi connectivity index (χ1v) is 6.70. The predicted molar refractivity (Wildman–Crippen MR) is 78.8 cm³/mol.